The van der Waals surface area contributed by atoms with E-state index in [1.54, 1.807) is 38.3 Å². The van der Waals surface area contributed by atoms with E-state index < -0.39 is 11.4 Å². The Kier molecular flexibility index (Phi) is 4.52. The van der Waals surface area contributed by atoms with Gasteiger partial charge in [-0.2, -0.15) is 0 Å². The Labute approximate surface area is 101 Å². The highest BCUT2D eigenvalue weighted by atomic mass is 16.5. The lowest BCUT2D eigenvalue weighted by atomic mass is 9.89. The second-order valence-electron chi connectivity index (χ2n) is 4.14. The van der Waals surface area contributed by atoms with Crippen LogP contribution in [0.15, 0.2) is 24.3 Å². The molecule has 4 nitrogen and oxygen atoms in total. The zero-order valence-corrected chi connectivity index (χ0v) is 10.4. The van der Waals surface area contributed by atoms with Crippen molar-refractivity contribution in [3.63, 3.8) is 0 Å². The zero-order chi connectivity index (χ0) is 12.9. The van der Waals surface area contributed by atoms with Gasteiger partial charge in [-0.3, -0.25) is 4.79 Å². The van der Waals surface area contributed by atoms with Gasteiger partial charge in [0.2, 0.25) is 0 Å². The van der Waals surface area contributed by atoms with Gasteiger partial charge in [-0.25, -0.2) is 0 Å². The third-order valence-corrected chi connectivity index (χ3v) is 2.89. The molecule has 0 heterocycles. The van der Waals surface area contributed by atoms with E-state index in [2.05, 4.69) is 0 Å². The van der Waals surface area contributed by atoms with Crippen molar-refractivity contribution in [2.75, 3.05) is 13.7 Å². The Balaban J connectivity index is 2.73. The van der Waals surface area contributed by atoms with Crippen molar-refractivity contribution in [2.24, 2.45) is 5.41 Å². The van der Waals surface area contributed by atoms with Crippen LogP contribution in [-0.4, -0.2) is 24.8 Å². The van der Waals surface area contributed by atoms with E-state index in [-0.39, 0.29) is 6.61 Å². The van der Waals surface area contributed by atoms with Crippen LogP contribution in [-0.2, 0) is 4.79 Å². The number of rotatable bonds is 5. The van der Waals surface area contributed by atoms with Crippen LogP contribution >= 0.6 is 0 Å². The van der Waals surface area contributed by atoms with Gasteiger partial charge in [0, 0.05) is 0 Å². The summed E-state index contributed by atoms with van der Waals surface area (Å²) in [5.74, 6) is 0.724. The van der Waals surface area contributed by atoms with E-state index in [1.807, 2.05) is 6.92 Å². The van der Waals surface area contributed by atoms with E-state index >= 15 is 0 Å². The number of methoxy groups -OCH3 is 1. The predicted octanol–water partition coefficient (Wildman–Crippen LogP) is 2.01. The molecule has 0 aromatic heterocycles. The average Bonchev–Trinajstić information content (AvgIpc) is 2.38. The van der Waals surface area contributed by atoms with Crippen LogP contribution in [0.1, 0.15) is 20.3 Å². The molecule has 0 saturated carbocycles. The average molecular weight is 238 g/mol. The quantitative estimate of drug-likeness (QED) is 0.629. The van der Waals surface area contributed by atoms with Crippen LogP contribution < -0.4 is 9.47 Å². The lowest BCUT2D eigenvalue weighted by Crippen LogP contribution is -2.34. The van der Waals surface area contributed by atoms with E-state index in [0.717, 1.165) is 0 Å². The van der Waals surface area contributed by atoms with Crippen LogP contribution in [0.25, 0.3) is 0 Å². The molecule has 0 saturated heterocycles. The Morgan fingerprint density at radius 2 is 1.82 bits per heavy atom. The number of benzene rings is 1. The van der Waals surface area contributed by atoms with Gasteiger partial charge in [-0.05, 0) is 37.6 Å². The Morgan fingerprint density at radius 1 is 1.29 bits per heavy atom. The molecule has 1 rings (SSSR count). The first-order valence-electron chi connectivity index (χ1n) is 5.53. The smallest absolute Gasteiger partial charge is 0.319 e. The van der Waals surface area contributed by atoms with Gasteiger partial charge in [0.15, 0.2) is 0 Å². The summed E-state index contributed by atoms with van der Waals surface area (Å²) in [5.41, 5.74) is -0.847. The number of ether oxygens (including phenoxy) is 2. The van der Waals surface area contributed by atoms with Gasteiger partial charge in [-0.1, -0.05) is 6.92 Å². The summed E-state index contributed by atoms with van der Waals surface area (Å²) in [6, 6.07) is 6.74. The SMILES string of the molecule is CCC(C)(CO)C(=O)Oc1ccc(OC)cc1. The number of hydrogen-bond donors (Lipinski definition) is 1. The molecule has 0 amide bonds. The van der Waals surface area contributed by atoms with Gasteiger partial charge in [0.05, 0.1) is 19.1 Å². The van der Waals surface area contributed by atoms with Crippen LogP contribution in [0.2, 0.25) is 0 Å². The lowest BCUT2D eigenvalue weighted by Gasteiger charge is -2.22. The molecule has 0 fully saturated rings. The Morgan fingerprint density at radius 3 is 2.24 bits per heavy atom. The molecule has 17 heavy (non-hydrogen) atoms. The second-order valence-corrected chi connectivity index (χ2v) is 4.14. The largest absolute Gasteiger partial charge is 0.497 e. The number of carbonyl (C=O) groups excluding carboxylic acids is 1. The van der Waals surface area contributed by atoms with E-state index in [9.17, 15) is 9.90 Å². The summed E-state index contributed by atoms with van der Waals surface area (Å²) in [7, 11) is 1.57. The van der Waals surface area contributed by atoms with Crippen LogP contribution in [0.5, 0.6) is 11.5 Å². The summed E-state index contributed by atoms with van der Waals surface area (Å²) in [6.45, 7) is 3.29. The molecule has 1 N–H and O–H groups in total. The fraction of sp³-hybridized carbons (Fsp3) is 0.462. The molecule has 1 aromatic rings. The van der Waals surface area contributed by atoms with Crippen LogP contribution in [0.4, 0.5) is 0 Å². The highest BCUT2D eigenvalue weighted by Crippen LogP contribution is 2.25. The monoisotopic (exact) mass is 238 g/mol. The lowest BCUT2D eigenvalue weighted by molar-refractivity contribution is -0.147. The van der Waals surface area contributed by atoms with Crippen LogP contribution in [0, 0.1) is 5.41 Å². The molecule has 1 unspecified atom stereocenters. The first kappa shape index (κ1) is 13.5. The zero-order valence-electron chi connectivity index (χ0n) is 10.4. The molecule has 0 bridgehead atoms. The Bertz CT molecular complexity index is 366. The van der Waals surface area contributed by atoms with Gasteiger partial charge in [-0.15, -0.1) is 0 Å². The molecule has 0 aliphatic rings. The van der Waals surface area contributed by atoms with Gasteiger partial charge in [0.25, 0.3) is 0 Å². The van der Waals surface area contributed by atoms with Gasteiger partial charge < -0.3 is 14.6 Å². The fourth-order valence-corrected chi connectivity index (χ4v) is 1.19. The first-order valence-corrected chi connectivity index (χ1v) is 5.53. The molecule has 0 aliphatic heterocycles. The van der Waals surface area contributed by atoms with E-state index in [0.29, 0.717) is 17.9 Å². The third-order valence-electron chi connectivity index (χ3n) is 2.89. The van der Waals surface area contributed by atoms with Gasteiger partial charge in [0.1, 0.15) is 11.5 Å². The molecule has 0 spiro atoms. The first-order chi connectivity index (χ1) is 8.05. The molecular formula is C13H18O4. The summed E-state index contributed by atoms with van der Waals surface area (Å²) < 4.78 is 10.2. The Hall–Kier alpha value is -1.55. The molecule has 0 radical (unpaired) electrons. The van der Waals surface area contributed by atoms with E-state index in [1.165, 1.54) is 0 Å². The summed E-state index contributed by atoms with van der Waals surface area (Å²) in [4.78, 5) is 11.8. The van der Waals surface area contributed by atoms with Crippen molar-refractivity contribution in [1.29, 1.82) is 0 Å². The highest BCUT2D eigenvalue weighted by Gasteiger charge is 2.32. The number of aliphatic hydroxyl groups excluding tert-OH is 1. The number of carbonyl (C=O) groups is 1. The normalized spacial score (nSPS) is 13.9. The van der Waals surface area contributed by atoms with Crippen molar-refractivity contribution >= 4 is 5.97 Å². The molecule has 0 aliphatic carbocycles. The highest BCUT2D eigenvalue weighted by molar-refractivity contribution is 5.78. The molecule has 1 aromatic carbocycles. The minimum atomic E-state index is -0.847. The van der Waals surface area contributed by atoms with Crippen molar-refractivity contribution in [3.05, 3.63) is 24.3 Å². The number of aliphatic hydroxyl groups is 1. The summed E-state index contributed by atoms with van der Waals surface area (Å²) in [5, 5.41) is 9.20. The topological polar surface area (TPSA) is 55.8 Å². The molecular weight excluding hydrogens is 220 g/mol. The minimum Gasteiger partial charge on any atom is -0.497 e. The minimum absolute atomic E-state index is 0.224. The third kappa shape index (κ3) is 3.20. The van der Waals surface area contributed by atoms with Gasteiger partial charge >= 0.3 is 5.97 Å². The summed E-state index contributed by atoms with van der Waals surface area (Å²) >= 11 is 0. The fourth-order valence-electron chi connectivity index (χ4n) is 1.19. The van der Waals surface area contributed by atoms with Crippen molar-refractivity contribution in [3.8, 4) is 11.5 Å². The van der Waals surface area contributed by atoms with Crippen molar-refractivity contribution < 1.29 is 19.4 Å². The maximum Gasteiger partial charge on any atom is 0.319 e. The standard InChI is InChI=1S/C13H18O4/c1-4-13(2,9-14)12(15)17-11-7-5-10(16-3)6-8-11/h5-8,14H,4,9H2,1-3H3. The summed E-state index contributed by atoms with van der Waals surface area (Å²) in [6.07, 6.45) is 0.526. The molecule has 1 atom stereocenters. The van der Waals surface area contributed by atoms with Crippen molar-refractivity contribution in [2.45, 2.75) is 20.3 Å². The van der Waals surface area contributed by atoms with Crippen LogP contribution in [0.3, 0.4) is 0 Å². The van der Waals surface area contributed by atoms with Crippen molar-refractivity contribution in [1.82, 2.24) is 0 Å². The molecule has 94 valence electrons. The van der Waals surface area contributed by atoms with E-state index in [4.69, 9.17) is 9.47 Å². The number of hydrogen-bond acceptors (Lipinski definition) is 4. The maximum atomic E-state index is 11.8. The number of esters is 1. The predicted molar refractivity (Wildman–Crippen MR) is 64.1 cm³/mol. The molecule has 4 heteroatoms. The maximum absolute atomic E-state index is 11.8. The second kappa shape index (κ2) is 5.68.